The van der Waals surface area contributed by atoms with Crippen molar-refractivity contribution in [2.45, 2.75) is 39.2 Å². The molecule has 0 saturated carbocycles. The highest BCUT2D eigenvalue weighted by molar-refractivity contribution is 8.01. The molecule has 0 amide bonds. The lowest BCUT2D eigenvalue weighted by Gasteiger charge is -2.17. The van der Waals surface area contributed by atoms with Crippen molar-refractivity contribution in [1.82, 2.24) is 0 Å². The Hall–Kier alpha value is -3.84. The molecule has 4 aromatic carbocycles. The van der Waals surface area contributed by atoms with Crippen LogP contribution in [0, 0.1) is 0 Å². The summed E-state index contributed by atoms with van der Waals surface area (Å²) in [5.74, 6) is -0.995. The molecule has 8 nitrogen and oxygen atoms in total. The van der Waals surface area contributed by atoms with Crippen molar-refractivity contribution < 1.29 is 39.6 Å². The molecule has 40 heavy (non-hydrogen) atoms. The third-order valence-corrected chi connectivity index (χ3v) is 9.92. The minimum atomic E-state index is -0.249. The highest BCUT2D eigenvalue weighted by Crippen LogP contribution is 2.53. The number of phenols is 4. The Balaban J connectivity index is 1.83. The van der Waals surface area contributed by atoms with E-state index in [1.165, 1.54) is 48.5 Å². The van der Waals surface area contributed by atoms with E-state index in [9.17, 15) is 39.6 Å². The zero-order chi connectivity index (χ0) is 28.6. The van der Waals surface area contributed by atoms with Crippen molar-refractivity contribution >= 4 is 72.2 Å². The molecule has 5 rings (SSSR count). The van der Waals surface area contributed by atoms with Crippen LogP contribution in [0.5, 0.6) is 23.0 Å². The van der Waals surface area contributed by atoms with Crippen molar-refractivity contribution in [3.05, 3.63) is 70.8 Å². The molecule has 0 aliphatic carbocycles. The monoisotopic (exact) mass is 608 g/mol. The molecule has 4 aromatic rings. The van der Waals surface area contributed by atoms with Gasteiger partial charge in [-0.05, 0) is 48.5 Å². The number of hydrogen-bond acceptors (Lipinski definition) is 12. The summed E-state index contributed by atoms with van der Waals surface area (Å²) in [5.41, 5.74) is 0.802. The molecule has 0 radical (unpaired) electrons. The molecule has 4 N–H and O–H groups in total. The number of rotatable bonds is 4. The molecular formula is C28H16O8S4. The van der Waals surface area contributed by atoms with Gasteiger partial charge in [-0.1, -0.05) is 47.0 Å². The summed E-state index contributed by atoms with van der Waals surface area (Å²) in [6, 6.07) is 11.3. The minimum Gasteiger partial charge on any atom is -0.506 e. The summed E-state index contributed by atoms with van der Waals surface area (Å²) in [4.78, 5) is 48.4. The first kappa shape index (κ1) is 27.7. The molecular weight excluding hydrogens is 593 g/mol. The summed E-state index contributed by atoms with van der Waals surface area (Å²) in [6.45, 7) is 0. The first-order valence-corrected chi connectivity index (χ1v) is 14.5. The number of hydrogen-bond donors (Lipinski definition) is 4. The van der Waals surface area contributed by atoms with Gasteiger partial charge in [0.05, 0.1) is 39.2 Å². The molecule has 0 saturated heterocycles. The van der Waals surface area contributed by atoms with Crippen molar-refractivity contribution in [3.63, 3.8) is 0 Å². The van der Waals surface area contributed by atoms with E-state index in [2.05, 4.69) is 0 Å². The van der Waals surface area contributed by atoms with E-state index < -0.39 is 0 Å². The lowest BCUT2D eigenvalue weighted by atomic mass is 10.2. The van der Waals surface area contributed by atoms with Gasteiger partial charge in [0.25, 0.3) is 0 Å². The normalized spacial score (nSPS) is 12.4. The van der Waals surface area contributed by atoms with Crippen LogP contribution in [0.4, 0.5) is 0 Å². The second-order valence-corrected chi connectivity index (χ2v) is 12.7. The molecule has 200 valence electrons. The topological polar surface area (TPSA) is 149 Å². The standard InChI is InChI=1S/C28H16O8S4/c29-9-13-1-17-25(33)18(2-13)38-21-5-15(11-31)6-22(27(21)35)40-24-8-16(12-32)7-23(28(24)36)39-20-4-14(10-30)3-19(37-17)26(20)34/h1-12,33-36H. The second-order valence-electron chi connectivity index (χ2n) is 8.34. The number of aldehydes is 4. The third kappa shape index (κ3) is 5.30. The summed E-state index contributed by atoms with van der Waals surface area (Å²) < 4.78 is 0. The van der Waals surface area contributed by atoms with Gasteiger partial charge in [-0.2, -0.15) is 0 Å². The zero-order valence-corrected chi connectivity index (χ0v) is 23.2. The maximum atomic E-state index is 11.7. The number of carbonyl (C=O) groups is 4. The maximum Gasteiger partial charge on any atom is 0.150 e. The van der Waals surface area contributed by atoms with Crippen molar-refractivity contribution in [2.75, 3.05) is 0 Å². The zero-order valence-electron chi connectivity index (χ0n) is 20.0. The predicted octanol–water partition coefficient (Wildman–Crippen LogP) is 6.68. The second kappa shape index (κ2) is 11.3. The van der Waals surface area contributed by atoms with E-state index in [4.69, 9.17) is 0 Å². The van der Waals surface area contributed by atoms with E-state index in [-0.39, 0.29) is 84.4 Å². The smallest absolute Gasteiger partial charge is 0.150 e. The summed E-state index contributed by atoms with van der Waals surface area (Å²) >= 11 is 3.61. The van der Waals surface area contributed by atoms with Gasteiger partial charge in [-0.15, -0.1) is 0 Å². The molecule has 8 bridgehead atoms. The molecule has 1 aliphatic heterocycles. The van der Waals surface area contributed by atoms with Crippen LogP contribution in [0.1, 0.15) is 41.4 Å². The quantitative estimate of drug-likeness (QED) is 0.161. The van der Waals surface area contributed by atoms with E-state index in [1.807, 2.05) is 0 Å². The molecule has 12 heteroatoms. The van der Waals surface area contributed by atoms with Crippen LogP contribution in [0.2, 0.25) is 0 Å². The number of benzene rings is 4. The molecule has 0 unspecified atom stereocenters. The van der Waals surface area contributed by atoms with Crippen LogP contribution < -0.4 is 0 Å². The van der Waals surface area contributed by atoms with Gasteiger partial charge in [-0.25, -0.2) is 0 Å². The van der Waals surface area contributed by atoms with E-state index in [0.717, 1.165) is 47.0 Å². The van der Waals surface area contributed by atoms with Gasteiger partial charge in [0.1, 0.15) is 48.1 Å². The van der Waals surface area contributed by atoms with E-state index in [0.29, 0.717) is 25.1 Å². The Morgan fingerprint density at radius 2 is 0.500 bits per heavy atom. The maximum absolute atomic E-state index is 11.7. The number of phenolic OH excluding ortho intramolecular Hbond substituents is 4. The first-order chi connectivity index (χ1) is 19.2. The van der Waals surface area contributed by atoms with Gasteiger partial charge in [0.15, 0.2) is 0 Å². The lowest BCUT2D eigenvalue weighted by molar-refractivity contribution is 0.111. The summed E-state index contributed by atoms with van der Waals surface area (Å²) in [7, 11) is 0. The average molecular weight is 609 g/mol. The fourth-order valence-electron chi connectivity index (χ4n) is 3.78. The van der Waals surface area contributed by atoms with Crippen LogP contribution in [0.25, 0.3) is 0 Å². The minimum absolute atomic E-state index is 0.183. The lowest BCUT2D eigenvalue weighted by Crippen LogP contribution is -1.92. The SMILES string of the molecule is O=Cc1cc2c(O)c(c1)Sc1cc(C=O)cc(c1O)Sc1cc(C=O)cc(c1O)Sc1cc(C=O)cc(c1O)S2. The van der Waals surface area contributed by atoms with Crippen LogP contribution in [-0.2, 0) is 0 Å². The van der Waals surface area contributed by atoms with Crippen molar-refractivity contribution in [3.8, 4) is 23.0 Å². The number of carbonyl (C=O) groups excluding carboxylic acids is 4. The molecule has 0 aromatic heterocycles. The van der Waals surface area contributed by atoms with Gasteiger partial charge in [0, 0.05) is 22.3 Å². The number of fused-ring (bicyclic) bond motifs is 8. The fraction of sp³-hybridized carbons (Fsp3) is 0. The Bertz CT molecular complexity index is 1390. The van der Waals surface area contributed by atoms with Crippen LogP contribution in [0.15, 0.2) is 87.7 Å². The Morgan fingerprint density at radius 1 is 0.350 bits per heavy atom. The highest BCUT2D eigenvalue weighted by Gasteiger charge is 2.23. The Labute approximate surface area is 243 Å². The van der Waals surface area contributed by atoms with Gasteiger partial charge >= 0.3 is 0 Å². The van der Waals surface area contributed by atoms with Crippen molar-refractivity contribution in [1.29, 1.82) is 0 Å². The van der Waals surface area contributed by atoms with E-state index >= 15 is 0 Å². The fourth-order valence-corrected chi connectivity index (χ4v) is 8.20. The third-order valence-electron chi connectivity index (χ3n) is 5.67. The van der Waals surface area contributed by atoms with Crippen molar-refractivity contribution in [2.24, 2.45) is 0 Å². The summed E-state index contributed by atoms with van der Waals surface area (Å²) in [5, 5.41) is 44.6. The molecule has 0 spiro atoms. The molecule has 0 fully saturated rings. The molecule has 0 atom stereocenters. The Kier molecular flexibility index (Phi) is 7.86. The van der Waals surface area contributed by atoms with Crippen LogP contribution in [-0.4, -0.2) is 45.6 Å². The van der Waals surface area contributed by atoms with Gasteiger partial charge < -0.3 is 20.4 Å². The molecule has 1 heterocycles. The highest BCUT2D eigenvalue weighted by atomic mass is 32.2. The number of aromatic hydroxyl groups is 4. The van der Waals surface area contributed by atoms with Gasteiger partial charge in [-0.3, -0.25) is 19.2 Å². The molecule has 1 aliphatic rings. The summed E-state index contributed by atoms with van der Waals surface area (Å²) in [6.07, 6.45) is 2.32. The van der Waals surface area contributed by atoms with E-state index in [1.54, 1.807) is 0 Å². The predicted molar refractivity (Wildman–Crippen MR) is 150 cm³/mol. The van der Waals surface area contributed by atoms with Crippen LogP contribution in [0.3, 0.4) is 0 Å². The average Bonchev–Trinajstić information content (AvgIpc) is 2.95. The van der Waals surface area contributed by atoms with Gasteiger partial charge in [0.2, 0.25) is 0 Å². The van der Waals surface area contributed by atoms with Crippen LogP contribution >= 0.6 is 47.0 Å². The largest absolute Gasteiger partial charge is 0.506 e. The first-order valence-electron chi connectivity index (χ1n) is 11.2. The Morgan fingerprint density at radius 3 is 0.625 bits per heavy atom.